The van der Waals surface area contributed by atoms with Crippen molar-refractivity contribution in [2.45, 2.75) is 18.2 Å². The van der Waals surface area contributed by atoms with E-state index in [0.717, 1.165) is 18.7 Å². The highest BCUT2D eigenvalue weighted by Crippen LogP contribution is 2.28. The van der Waals surface area contributed by atoms with E-state index in [1.807, 2.05) is 7.05 Å². The molecule has 0 aliphatic rings. The van der Waals surface area contributed by atoms with Gasteiger partial charge < -0.3 is 10.1 Å². The van der Waals surface area contributed by atoms with Crippen LogP contribution in [-0.4, -0.2) is 27.0 Å². The molecule has 0 aliphatic carbocycles. The average molecular weight is 225 g/mol. The molecule has 0 fully saturated rings. The molecule has 0 aliphatic heterocycles. The second-order valence-electron chi connectivity index (χ2n) is 3.49. The van der Waals surface area contributed by atoms with Crippen LogP contribution >= 0.6 is 11.8 Å². The fourth-order valence-corrected chi connectivity index (χ4v) is 2.29. The van der Waals surface area contributed by atoms with Gasteiger partial charge in [-0.2, -0.15) is 0 Å². The Morgan fingerprint density at radius 1 is 1.40 bits per heavy atom. The zero-order chi connectivity index (χ0) is 11.3. The van der Waals surface area contributed by atoms with Crippen LogP contribution < -0.4 is 10.1 Å². The van der Waals surface area contributed by atoms with Crippen molar-refractivity contribution in [3.8, 4) is 5.75 Å². The van der Waals surface area contributed by atoms with Gasteiger partial charge in [-0.15, -0.1) is 11.8 Å². The van der Waals surface area contributed by atoms with Gasteiger partial charge in [0.25, 0.3) is 0 Å². The maximum absolute atomic E-state index is 5.34. The molecule has 0 saturated carbocycles. The van der Waals surface area contributed by atoms with Gasteiger partial charge in [-0.1, -0.05) is 0 Å². The molecular formula is C12H19NOS. The Kier molecular flexibility index (Phi) is 4.99. The van der Waals surface area contributed by atoms with E-state index < -0.39 is 0 Å². The van der Waals surface area contributed by atoms with Crippen LogP contribution in [0, 0.1) is 6.92 Å². The molecule has 1 aromatic rings. The summed E-state index contributed by atoms with van der Waals surface area (Å²) < 4.78 is 5.34. The van der Waals surface area contributed by atoms with E-state index in [0.29, 0.717) is 0 Å². The number of ether oxygens (including phenoxy) is 1. The molecule has 0 spiro atoms. The Bertz CT molecular complexity index is 326. The number of methoxy groups -OCH3 is 1. The zero-order valence-corrected chi connectivity index (χ0v) is 10.7. The second kappa shape index (κ2) is 6.03. The van der Waals surface area contributed by atoms with Crippen LogP contribution in [0.3, 0.4) is 0 Å². The predicted octanol–water partition coefficient (Wildman–Crippen LogP) is 2.49. The SMILES string of the molecule is CNCCc1cc(OC)c(C)cc1SC. The van der Waals surface area contributed by atoms with Gasteiger partial charge in [0.15, 0.2) is 0 Å². The van der Waals surface area contributed by atoms with Crippen molar-refractivity contribution in [3.63, 3.8) is 0 Å². The van der Waals surface area contributed by atoms with Crippen LogP contribution in [0.4, 0.5) is 0 Å². The number of aryl methyl sites for hydroxylation is 1. The molecule has 0 radical (unpaired) electrons. The molecule has 0 amide bonds. The highest BCUT2D eigenvalue weighted by atomic mass is 32.2. The van der Waals surface area contributed by atoms with Crippen LogP contribution in [0.15, 0.2) is 17.0 Å². The molecule has 0 atom stereocenters. The van der Waals surface area contributed by atoms with Crippen LogP contribution in [0.1, 0.15) is 11.1 Å². The monoisotopic (exact) mass is 225 g/mol. The molecule has 15 heavy (non-hydrogen) atoms. The van der Waals surface area contributed by atoms with E-state index in [2.05, 4.69) is 30.6 Å². The Morgan fingerprint density at radius 2 is 2.13 bits per heavy atom. The molecule has 3 heteroatoms. The number of thioether (sulfide) groups is 1. The highest BCUT2D eigenvalue weighted by molar-refractivity contribution is 7.98. The first-order valence-corrected chi connectivity index (χ1v) is 6.31. The zero-order valence-electron chi connectivity index (χ0n) is 9.89. The van der Waals surface area contributed by atoms with Gasteiger partial charge in [-0.05, 0) is 56.5 Å². The quantitative estimate of drug-likeness (QED) is 0.778. The van der Waals surface area contributed by atoms with Crippen molar-refractivity contribution < 1.29 is 4.74 Å². The summed E-state index contributed by atoms with van der Waals surface area (Å²) in [4.78, 5) is 1.35. The van der Waals surface area contributed by atoms with E-state index in [-0.39, 0.29) is 0 Å². The summed E-state index contributed by atoms with van der Waals surface area (Å²) in [6, 6.07) is 4.35. The second-order valence-corrected chi connectivity index (χ2v) is 4.34. The lowest BCUT2D eigenvalue weighted by atomic mass is 10.1. The first kappa shape index (κ1) is 12.4. The summed E-state index contributed by atoms with van der Waals surface area (Å²) in [6.45, 7) is 3.08. The third kappa shape index (κ3) is 3.14. The van der Waals surface area contributed by atoms with Gasteiger partial charge >= 0.3 is 0 Å². The molecule has 0 unspecified atom stereocenters. The van der Waals surface area contributed by atoms with E-state index in [9.17, 15) is 0 Å². The predicted molar refractivity (Wildman–Crippen MR) is 67.1 cm³/mol. The standard InChI is InChI=1S/C12H19NOS/c1-9-7-12(15-4)10(5-6-13-2)8-11(9)14-3/h7-8,13H,5-6H2,1-4H3. The summed E-state index contributed by atoms with van der Waals surface area (Å²) in [6.07, 6.45) is 3.16. The highest BCUT2D eigenvalue weighted by Gasteiger charge is 2.06. The minimum Gasteiger partial charge on any atom is -0.496 e. The van der Waals surface area contributed by atoms with Gasteiger partial charge in [0.1, 0.15) is 5.75 Å². The lowest BCUT2D eigenvalue weighted by Crippen LogP contribution is -2.11. The van der Waals surface area contributed by atoms with Crippen LogP contribution in [-0.2, 0) is 6.42 Å². The van der Waals surface area contributed by atoms with Crippen LogP contribution in [0.25, 0.3) is 0 Å². The molecule has 2 nitrogen and oxygen atoms in total. The number of likely N-dealkylation sites (N-methyl/N-ethyl adjacent to an activating group) is 1. The molecule has 1 N–H and O–H groups in total. The minimum atomic E-state index is 0.985. The third-order valence-electron chi connectivity index (χ3n) is 2.44. The first-order valence-electron chi connectivity index (χ1n) is 5.09. The lowest BCUT2D eigenvalue weighted by molar-refractivity contribution is 0.410. The molecule has 0 heterocycles. The molecule has 0 bridgehead atoms. The Morgan fingerprint density at radius 3 is 2.67 bits per heavy atom. The summed E-state index contributed by atoms with van der Waals surface area (Å²) in [5, 5.41) is 3.17. The van der Waals surface area contributed by atoms with Crippen molar-refractivity contribution in [1.29, 1.82) is 0 Å². The fourth-order valence-electron chi connectivity index (χ4n) is 1.57. The van der Waals surface area contributed by atoms with Gasteiger partial charge in [-0.25, -0.2) is 0 Å². The van der Waals surface area contributed by atoms with Crippen LogP contribution in [0.2, 0.25) is 0 Å². The normalized spacial score (nSPS) is 10.4. The van der Waals surface area contributed by atoms with E-state index in [1.54, 1.807) is 18.9 Å². The minimum absolute atomic E-state index is 0.985. The summed E-state index contributed by atoms with van der Waals surface area (Å²) in [7, 11) is 3.70. The maximum atomic E-state index is 5.34. The number of hydrogen-bond acceptors (Lipinski definition) is 3. The average Bonchev–Trinajstić information content (AvgIpc) is 2.26. The first-order chi connectivity index (χ1) is 7.22. The van der Waals surface area contributed by atoms with E-state index in [1.165, 1.54) is 16.0 Å². The Labute approximate surface area is 96.4 Å². The molecular weight excluding hydrogens is 206 g/mol. The molecule has 0 saturated heterocycles. The maximum Gasteiger partial charge on any atom is 0.122 e. The number of benzene rings is 1. The Hall–Kier alpha value is -0.670. The van der Waals surface area contributed by atoms with E-state index in [4.69, 9.17) is 4.74 Å². The molecule has 1 rings (SSSR count). The third-order valence-corrected chi connectivity index (χ3v) is 3.26. The number of nitrogens with one attached hydrogen (secondary N) is 1. The number of hydrogen-bond donors (Lipinski definition) is 1. The lowest BCUT2D eigenvalue weighted by Gasteiger charge is -2.12. The van der Waals surface area contributed by atoms with Crippen molar-refractivity contribution in [2.75, 3.05) is 27.0 Å². The van der Waals surface area contributed by atoms with Crippen molar-refractivity contribution in [1.82, 2.24) is 5.32 Å². The van der Waals surface area contributed by atoms with Crippen molar-refractivity contribution in [3.05, 3.63) is 23.3 Å². The summed E-state index contributed by atoms with van der Waals surface area (Å²) in [5.74, 6) is 0.985. The number of rotatable bonds is 5. The largest absolute Gasteiger partial charge is 0.496 e. The molecule has 84 valence electrons. The van der Waals surface area contributed by atoms with Gasteiger partial charge in [0.2, 0.25) is 0 Å². The van der Waals surface area contributed by atoms with E-state index >= 15 is 0 Å². The summed E-state index contributed by atoms with van der Waals surface area (Å²) >= 11 is 1.80. The van der Waals surface area contributed by atoms with Gasteiger partial charge in [0, 0.05) is 4.90 Å². The van der Waals surface area contributed by atoms with Gasteiger partial charge in [-0.3, -0.25) is 0 Å². The van der Waals surface area contributed by atoms with Gasteiger partial charge in [0.05, 0.1) is 7.11 Å². The fraction of sp³-hybridized carbons (Fsp3) is 0.500. The smallest absolute Gasteiger partial charge is 0.122 e. The van der Waals surface area contributed by atoms with Crippen molar-refractivity contribution in [2.24, 2.45) is 0 Å². The molecule has 0 aromatic heterocycles. The van der Waals surface area contributed by atoms with Crippen LogP contribution in [0.5, 0.6) is 5.75 Å². The van der Waals surface area contributed by atoms with Crippen molar-refractivity contribution >= 4 is 11.8 Å². The molecule has 1 aromatic carbocycles. The summed E-state index contributed by atoms with van der Waals surface area (Å²) in [5.41, 5.74) is 2.56. The Balaban J connectivity index is 2.99. The topological polar surface area (TPSA) is 21.3 Å².